The highest BCUT2D eigenvalue weighted by atomic mass is 79.9. The summed E-state index contributed by atoms with van der Waals surface area (Å²) >= 11 is 3.32. The molecule has 0 atom stereocenters. The zero-order chi connectivity index (χ0) is 20.0. The van der Waals surface area contributed by atoms with Crippen molar-refractivity contribution in [2.75, 3.05) is 39.3 Å². The minimum Gasteiger partial charge on any atom is -0.355 e. The highest BCUT2D eigenvalue weighted by molar-refractivity contribution is 9.10. The average Bonchev–Trinajstić information content (AvgIpc) is 2.69. The van der Waals surface area contributed by atoms with Crippen molar-refractivity contribution in [1.82, 2.24) is 14.5 Å². The molecule has 0 unspecified atom stereocenters. The van der Waals surface area contributed by atoms with Gasteiger partial charge in [0.15, 0.2) is 0 Å². The summed E-state index contributed by atoms with van der Waals surface area (Å²) in [6.07, 6.45) is 8.10. The number of sulfonamides is 1. The van der Waals surface area contributed by atoms with Crippen molar-refractivity contribution in [3.8, 4) is 0 Å². The molecule has 3 rings (SSSR count). The summed E-state index contributed by atoms with van der Waals surface area (Å²) in [6.45, 7) is 2.94. The van der Waals surface area contributed by atoms with Crippen LogP contribution < -0.4 is 5.32 Å². The maximum atomic E-state index is 12.7. The van der Waals surface area contributed by atoms with Crippen LogP contribution in [0.3, 0.4) is 0 Å². The van der Waals surface area contributed by atoms with E-state index in [1.165, 1.54) is 22.7 Å². The molecule has 1 amide bonds. The molecule has 0 saturated carbocycles. The maximum absolute atomic E-state index is 12.7. The highest BCUT2D eigenvalue weighted by Crippen LogP contribution is 2.20. The number of allylic oxidation sites excluding steroid dienone is 1. The number of benzene rings is 1. The Balaban J connectivity index is 1.41. The molecular weight excluding hydrogens is 442 g/mol. The molecule has 6 nitrogen and oxygen atoms in total. The van der Waals surface area contributed by atoms with Crippen LogP contribution in [-0.2, 0) is 14.8 Å². The van der Waals surface area contributed by atoms with Gasteiger partial charge in [0.05, 0.1) is 11.4 Å². The van der Waals surface area contributed by atoms with E-state index in [-0.39, 0.29) is 5.91 Å². The van der Waals surface area contributed by atoms with Crippen molar-refractivity contribution < 1.29 is 13.2 Å². The molecule has 1 heterocycles. The fraction of sp³-hybridized carbons (Fsp3) is 0.550. The van der Waals surface area contributed by atoms with E-state index in [0.29, 0.717) is 44.2 Å². The molecule has 2 aliphatic rings. The van der Waals surface area contributed by atoms with Crippen LogP contribution in [0.4, 0.5) is 0 Å². The van der Waals surface area contributed by atoms with E-state index in [4.69, 9.17) is 0 Å². The molecule has 1 aliphatic heterocycles. The number of hydrogen-bond donors (Lipinski definition) is 1. The van der Waals surface area contributed by atoms with Crippen LogP contribution in [0.1, 0.15) is 32.1 Å². The Labute approximate surface area is 176 Å². The van der Waals surface area contributed by atoms with Crippen molar-refractivity contribution >= 4 is 31.9 Å². The van der Waals surface area contributed by atoms with E-state index in [1.54, 1.807) is 24.3 Å². The van der Waals surface area contributed by atoms with Crippen LogP contribution in [0.5, 0.6) is 0 Å². The first-order valence-electron chi connectivity index (χ1n) is 9.88. The van der Waals surface area contributed by atoms with Crippen LogP contribution in [0.15, 0.2) is 45.3 Å². The quantitative estimate of drug-likeness (QED) is 0.623. The molecule has 1 N–H and O–H groups in total. The Morgan fingerprint density at radius 3 is 2.43 bits per heavy atom. The smallest absolute Gasteiger partial charge is 0.243 e. The molecule has 1 saturated heterocycles. The van der Waals surface area contributed by atoms with Gasteiger partial charge in [0.25, 0.3) is 0 Å². The van der Waals surface area contributed by atoms with Crippen molar-refractivity contribution in [2.45, 2.75) is 37.0 Å². The summed E-state index contributed by atoms with van der Waals surface area (Å²) in [5.74, 6) is 0.0145. The second-order valence-corrected chi connectivity index (χ2v) is 10.2. The van der Waals surface area contributed by atoms with E-state index >= 15 is 0 Å². The fourth-order valence-electron chi connectivity index (χ4n) is 3.64. The van der Waals surface area contributed by atoms with Gasteiger partial charge in [0.2, 0.25) is 15.9 Å². The Kier molecular flexibility index (Phi) is 7.68. The van der Waals surface area contributed by atoms with Crippen molar-refractivity contribution in [2.24, 2.45) is 0 Å². The first-order chi connectivity index (χ1) is 13.4. The van der Waals surface area contributed by atoms with Crippen LogP contribution in [-0.4, -0.2) is 62.8 Å². The number of halogens is 1. The SMILES string of the molecule is O=C(CN1CCN(S(=O)(=O)c2ccc(Br)cc2)CC1)NCCC1=CCCCC1. The monoisotopic (exact) mass is 469 g/mol. The van der Waals surface area contributed by atoms with Crippen LogP contribution in [0, 0.1) is 0 Å². The van der Waals surface area contributed by atoms with Crippen molar-refractivity contribution in [3.63, 3.8) is 0 Å². The zero-order valence-electron chi connectivity index (χ0n) is 16.1. The molecule has 1 aliphatic carbocycles. The lowest BCUT2D eigenvalue weighted by molar-refractivity contribution is -0.122. The Morgan fingerprint density at radius 1 is 1.07 bits per heavy atom. The number of nitrogens with zero attached hydrogens (tertiary/aromatic N) is 2. The minimum atomic E-state index is -3.48. The summed E-state index contributed by atoms with van der Waals surface area (Å²) in [4.78, 5) is 14.5. The van der Waals surface area contributed by atoms with E-state index in [1.807, 2.05) is 4.90 Å². The van der Waals surface area contributed by atoms with Gasteiger partial charge in [-0.2, -0.15) is 4.31 Å². The van der Waals surface area contributed by atoms with E-state index in [0.717, 1.165) is 23.7 Å². The number of amides is 1. The first-order valence-corrected chi connectivity index (χ1v) is 12.1. The van der Waals surface area contributed by atoms with E-state index < -0.39 is 10.0 Å². The van der Waals surface area contributed by atoms with Gasteiger partial charge in [-0.05, 0) is 56.4 Å². The number of nitrogens with one attached hydrogen (secondary N) is 1. The van der Waals surface area contributed by atoms with Crippen LogP contribution >= 0.6 is 15.9 Å². The molecule has 8 heteroatoms. The van der Waals surface area contributed by atoms with Crippen molar-refractivity contribution in [1.29, 1.82) is 0 Å². The standard InChI is InChI=1S/C20H28BrN3O3S/c21-18-6-8-19(9-7-18)28(26,27)24-14-12-23(13-15-24)16-20(25)22-11-10-17-4-2-1-3-5-17/h4,6-9H,1-3,5,10-16H2,(H,22,25). The molecule has 154 valence electrons. The lowest BCUT2D eigenvalue weighted by Gasteiger charge is -2.33. The third-order valence-electron chi connectivity index (χ3n) is 5.30. The normalized spacial score (nSPS) is 19.2. The number of piperazine rings is 1. The van der Waals surface area contributed by atoms with Crippen LogP contribution in [0.25, 0.3) is 0 Å². The average molecular weight is 470 g/mol. The second kappa shape index (κ2) is 10.0. The molecule has 1 aromatic rings. The summed E-state index contributed by atoms with van der Waals surface area (Å²) in [5, 5.41) is 2.99. The third-order valence-corrected chi connectivity index (χ3v) is 7.74. The topological polar surface area (TPSA) is 69.7 Å². The van der Waals surface area contributed by atoms with Crippen molar-refractivity contribution in [3.05, 3.63) is 40.4 Å². The fourth-order valence-corrected chi connectivity index (χ4v) is 5.32. The van der Waals surface area contributed by atoms with Gasteiger partial charge in [0, 0.05) is 37.2 Å². The lowest BCUT2D eigenvalue weighted by Crippen LogP contribution is -2.51. The molecule has 0 aromatic heterocycles. The summed E-state index contributed by atoms with van der Waals surface area (Å²) < 4.78 is 27.8. The minimum absolute atomic E-state index is 0.0145. The van der Waals surface area contributed by atoms with Gasteiger partial charge in [-0.25, -0.2) is 8.42 Å². The van der Waals surface area contributed by atoms with E-state index in [9.17, 15) is 13.2 Å². The molecule has 0 radical (unpaired) electrons. The Morgan fingerprint density at radius 2 is 1.79 bits per heavy atom. The highest BCUT2D eigenvalue weighted by Gasteiger charge is 2.28. The predicted octanol–water partition coefficient (Wildman–Crippen LogP) is 2.76. The Bertz CT molecular complexity index is 800. The molecule has 1 aromatic carbocycles. The van der Waals surface area contributed by atoms with Crippen LogP contribution in [0.2, 0.25) is 0 Å². The zero-order valence-corrected chi connectivity index (χ0v) is 18.5. The number of hydrogen-bond acceptors (Lipinski definition) is 4. The summed E-state index contributed by atoms with van der Waals surface area (Å²) in [7, 11) is -3.48. The van der Waals surface area contributed by atoms with Gasteiger partial charge >= 0.3 is 0 Å². The van der Waals surface area contributed by atoms with Gasteiger partial charge in [-0.3, -0.25) is 9.69 Å². The lowest BCUT2D eigenvalue weighted by atomic mass is 9.97. The maximum Gasteiger partial charge on any atom is 0.243 e. The number of carbonyl (C=O) groups is 1. The first kappa shape index (κ1) is 21.5. The van der Waals surface area contributed by atoms with Gasteiger partial charge in [0.1, 0.15) is 0 Å². The third kappa shape index (κ3) is 5.89. The number of rotatable bonds is 7. The second-order valence-electron chi connectivity index (χ2n) is 7.34. The molecule has 1 fully saturated rings. The predicted molar refractivity (Wildman–Crippen MR) is 114 cm³/mol. The van der Waals surface area contributed by atoms with Gasteiger partial charge < -0.3 is 5.32 Å². The van der Waals surface area contributed by atoms with Gasteiger partial charge in [-0.15, -0.1) is 0 Å². The summed E-state index contributed by atoms with van der Waals surface area (Å²) in [6, 6.07) is 6.69. The van der Waals surface area contributed by atoms with E-state index in [2.05, 4.69) is 27.3 Å². The molecule has 0 spiro atoms. The Hall–Kier alpha value is -1.22. The molecule has 28 heavy (non-hydrogen) atoms. The summed E-state index contributed by atoms with van der Waals surface area (Å²) in [5.41, 5.74) is 1.46. The molecular formula is C20H28BrN3O3S. The largest absolute Gasteiger partial charge is 0.355 e. The van der Waals surface area contributed by atoms with Gasteiger partial charge in [-0.1, -0.05) is 27.6 Å². The molecule has 0 bridgehead atoms. The number of carbonyl (C=O) groups excluding carboxylic acids is 1.